The second-order valence-electron chi connectivity index (χ2n) is 7.60. The molecular weight excluding hydrogens is 388 g/mol. The molecule has 1 heterocycles. The van der Waals surface area contributed by atoms with Crippen LogP contribution in [0.25, 0.3) is 5.69 Å². The molecule has 31 heavy (non-hydrogen) atoms. The van der Waals surface area contributed by atoms with Gasteiger partial charge in [0.1, 0.15) is 0 Å². The Labute approximate surface area is 183 Å². The van der Waals surface area contributed by atoms with Crippen LogP contribution in [0.5, 0.6) is 0 Å². The molecule has 0 radical (unpaired) electrons. The number of carbonyl (C=O) groups is 1. The van der Waals surface area contributed by atoms with Gasteiger partial charge in [0.15, 0.2) is 5.69 Å². The molecule has 0 saturated heterocycles. The second kappa shape index (κ2) is 10.2. The Kier molecular flexibility index (Phi) is 7.36. The number of likely N-dealkylation sites (N-methyl/N-ethyl adjacent to an activating group) is 1. The fraction of sp³-hybridized carbons (Fsp3) is 0.320. The first kappa shape index (κ1) is 22.4. The van der Waals surface area contributed by atoms with E-state index in [1.165, 1.54) is 11.6 Å². The van der Waals surface area contributed by atoms with Crippen LogP contribution in [-0.2, 0) is 0 Å². The van der Waals surface area contributed by atoms with Crippen molar-refractivity contribution in [3.05, 3.63) is 93.4 Å². The van der Waals surface area contributed by atoms with Crippen molar-refractivity contribution < 1.29 is 4.79 Å². The molecule has 3 aromatic rings. The SMILES string of the molecule is CCN(CC)[C@H](CNC(=O)c1nn(-c2ccc(C)c(C)c2)ccc1=O)c1ccccc1. The number of carbonyl (C=O) groups excluding carboxylic acids is 1. The number of benzene rings is 2. The van der Waals surface area contributed by atoms with E-state index >= 15 is 0 Å². The number of amides is 1. The average Bonchev–Trinajstić information content (AvgIpc) is 2.79. The third-order valence-electron chi connectivity index (χ3n) is 5.67. The first-order chi connectivity index (χ1) is 14.9. The van der Waals surface area contributed by atoms with E-state index in [1.807, 2.05) is 50.2 Å². The van der Waals surface area contributed by atoms with E-state index in [-0.39, 0.29) is 11.7 Å². The summed E-state index contributed by atoms with van der Waals surface area (Å²) in [4.78, 5) is 27.6. The van der Waals surface area contributed by atoms with Crippen molar-refractivity contribution in [3.8, 4) is 5.69 Å². The van der Waals surface area contributed by atoms with Crippen LogP contribution in [0.2, 0.25) is 0 Å². The molecule has 0 spiro atoms. The molecule has 2 aromatic carbocycles. The summed E-state index contributed by atoms with van der Waals surface area (Å²) in [5.74, 6) is -0.462. The van der Waals surface area contributed by atoms with Crippen molar-refractivity contribution in [2.24, 2.45) is 0 Å². The van der Waals surface area contributed by atoms with E-state index in [4.69, 9.17) is 0 Å². The molecule has 3 rings (SSSR count). The van der Waals surface area contributed by atoms with Crippen LogP contribution >= 0.6 is 0 Å². The molecule has 6 heteroatoms. The number of hydrogen-bond acceptors (Lipinski definition) is 4. The van der Waals surface area contributed by atoms with Crippen LogP contribution in [0, 0.1) is 13.8 Å². The third-order valence-corrected chi connectivity index (χ3v) is 5.67. The van der Waals surface area contributed by atoms with Crippen LogP contribution < -0.4 is 10.7 Å². The van der Waals surface area contributed by atoms with Gasteiger partial charge in [-0.2, -0.15) is 5.10 Å². The number of rotatable bonds is 8. The largest absolute Gasteiger partial charge is 0.349 e. The molecule has 1 N–H and O–H groups in total. The van der Waals surface area contributed by atoms with Gasteiger partial charge in [0.25, 0.3) is 5.91 Å². The summed E-state index contributed by atoms with van der Waals surface area (Å²) in [6.45, 7) is 10.4. The fourth-order valence-electron chi connectivity index (χ4n) is 3.65. The van der Waals surface area contributed by atoms with E-state index in [1.54, 1.807) is 10.9 Å². The molecule has 1 aromatic heterocycles. The lowest BCUT2D eigenvalue weighted by molar-refractivity contribution is 0.0927. The van der Waals surface area contributed by atoms with Crippen LogP contribution in [0.15, 0.2) is 65.6 Å². The number of nitrogens with one attached hydrogen (secondary N) is 1. The van der Waals surface area contributed by atoms with Gasteiger partial charge < -0.3 is 5.32 Å². The van der Waals surface area contributed by atoms with E-state index < -0.39 is 11.3 Å². The number of nitrogens with zero attached hydrogens (tertiary/aromatic N) is 3. The summed E-state index contributed by atoms with van der Waals surface area (Å²) >= 11 is 0. The maximum Gasteiger partial charge on any atom is 0.275 e. The molecule has 1 atom stereocenters. The molecular formula is C25H30N4O2. The molecule has 0 unspecified atom stereocenters. The lowest BCUT2D eigenvalue weighted by Crippen LogP contribution is -2.39. The molecule has 0 bridgehead atoms. The average molecular weight is 419 g/mol. The summed E-state index contributed by atoms with van der Waals surface area (Å²) in [5.41, 5.74) is 3.73. The summed E-state index contributed by atoms with van der Waals surface area (Å²) in [7, 11) is 0. The smallest absolute Gasteiger partial charge is 0.275 e. The van der Waals surface area contributed by atoms with Crippen molar-refractivity contribution in [2.45, 2.75) is 33.7 Å². The zero-order chi connectivity index (χ0) is 22.4. The zero-order valence-electron chi connectivity index (χ0n) is 18.6. The Hall–Kier alpha value is -3.25. The first-order valence-corrected chi connectivity index (χ1v) is 10.7. The van der Waals surface area contributed by atoms with Crippen LogP contribution in [-0.4, -0.2) is 40.2 Å². The van der Waals surface area contributed by atoms with Crippen molar-refractivity contribution in [1.82, 2.24) is 20.0 Å². The molecule has 0 aliphatic carbocycles. The molecule has 1 amide bonds. The Bertz CT molecular complexity index is 1090. The van der Waals surface area contributed by atoms with Gasteiger partial charge in [-0.15, -0.1) is 0 Å². The van der Waals surface area contributed by atoms with Crippen molar-refractivity contribution in [3.63, 3.8) is 0 Å². The molecule has 6 nitrogen and oxygen atoms in total. The number of hydrogen-bond donors (Lipinski definition) is 1. The minimum absolute atomic E-state index is 0.0193. The van der Waals surface area contributed by atoms with Crippen molar-refractivity contribution in [1.29, 1.82) is 0 Å². The lowest BCUT2D eigenvalue weighted by Gasteiger charge is -2.30. The molecule has 162 valence electrons. The molecule has 0 saturated carbocycles. The van der Waals surface area contributed by atoms with Gasteiger partial charge in [0.05, 0.1) is 11.7 Å². The topological polar surface area (TPSA) is 67.2 Å². The van der Waals surface area contributed by atoms with Crippen LogP contribution in [0.1, 0.15) is 47.1 Å². The molecule has 0 fully saturated rings. The van der Waals surface area contributed by atoms with Crippen LogP contribution in [0.4, 0.5) is 0 Å². The maximum absolute atomic E-state index is 12.9. The molecule has 0 aliphatic heterocycles. The maximum atomic E-state index is 12.9. The second-order valence-corrected chi connectivity index (χ2v) is 7.60. The lowest BCUT2D eigenvalue weighted by atomic mass is 10.0. The van der Waals surface area contributed by atoms with Crippen molar-refractivity contribution in [2.75, 3.05) is 19.6 Å². The van der Waals surface area contributed by atoms with E-state index in [2.05, 4.69) is 41.3 Å². The standard InChI is InChI=1S/C25H30N4O2/c1-5-28(6-2)22(20-10-8-7-9-11-20)17-26-25(31)24-23(30)14-15-29(27-24)21-13-12-18(3)19(4)16-21/h7-16,22H,5-6,17H2,1-4H3,(H,26,31)/t22-/m1/s1. The summed E-state index contributed by atoms with van der Waals surface area (Å²) < 4.78 is 1.57. The minimum atomic E-state index is -0.462. The Balaban J connectivity index is 1.83. The highest BCUT2D eigenvalue weighted by Crippen LogP contribution is 2.19. The van der Waals surface area contributed by atoms with E-state index in [0.29, 0.717) is 6.54 Å². The summed E-state index contributed by atoms with van der Waals surface area (Å²) in [6.07, 6.45) is 1.59. The number of aromatic nitrogens is 2. The number of aryl methyl sites for hydroxylation is 2. The highest BCUT2D eigenvalue weighted by molar-refractivity contribution is 5.92. The van der Waals surface area contributed by atoms with Gasteiger partial charge in [-0.3, -0.25) is 14.5 Å². The highest BCUT2D eigenvalue weighted by atomic mass is 16.2. The van der Waals surface area contributed by atoms with E-state index in [9.17, 15) is 9.59 Å². The van der Waals surface area contributed by atoms with Crippen LogP contribution in [0.3, 0.4) is 0 Å². The minimum Gasteiger partial charge on any atom is -0.349 e. The van der Waals surface area contributed by atoms with Gasteiger partial charge >= 0.3 is 0 Å². The Morgan fingerprint density at radius 1 is 1.03 bits per heavy atom. The highest BCUT2D eigenvalue weighted by Gasteiger charge is 2.20. The summed E-state index contributed by atoms with van der Waals surface area (Å²) in [6, 6.07) is 17.4. The quantitative estimate of drug-likeness (QED) is 0.606. The normalized spacial score (nSPS) is 12.0. The first-order valence-electron chi connectivity index (χ1n) is 10.7. The van der Waals surface area contributed by atoms with Gasteiger partial charge in [0, 0.05) is 18.8 Å². The third kappa shape index (κ3) is 5.27. The Morgan fingerprint density at radius 2 is 1.74 bits per heavy atom. The van der Waals surface area contributed by atoms with E-state index in [0.717, 1.165) is 29.9 Å². The monoisotopic (exact) mass is 418 g/mol. The van der Waals surface area contributed by atoms with Crippen molar-refractivity contribution >= 4 is 5.91 Å². The molecule has 0 aliphatic rings. The fourth-order valence-corrected chi connectivity index (χ4v) is 3.65. The zero-order valence-corrected chi connectivity index (χ0v) is 18.6. The predicted molar refractivity (Wildman–Crippen MR) is 124 cm³/mol. The Morgan fingerprint density at radius 3 is 2.39 bits per heavy atom. The predicted octanol–water partition coefficient (Wildman–Crippen LogP) is 3.66. The van der Waals surface area contributed by atoms with Gasteiger partial charge in [-0.1, -0.05) is 50.2 Å². The van der Waals surface area contributed by atoms with Gasteiger partial charge in [-0.25, -0.2) is 4.68 Å². The van der Waals surface area contributed by atoms with Gasteiger partial charge in [0.2, 0.25) is 5.43 Å². The van der Waals surface area contributed by atoms with Gasteiger partial charge in [-0.05, 0) is 55.8 Å². The summed E-state index contributed by atoms with van der Waals surface area (Å²) in [5, 5.41) is 7.26.